The Hall–Kier alpha value is -0.990. The largest absolute Gasteiger partial charge is 0.447 e. The average Bonchev–Trinajstić information content (AvgIpc) is 2.50. The molecule has 0 unspecified atom stereocenters. The van der Waals surface area contributed by atoms with Crippen LogP contribution >= 0.6 is 0 Å². The fourth-order valence-electron chi connectivity index (χ4n) is 2.29. The van der Waals surface area contributed by atoms with Crippen molar-refractivity contribution in [3.63, 3.8) is 0 Å². The Balaban J connectivity index is 2.09. The molecule has 0 bridgehead atoms. The zero-order chi connectivity index (χ0) is 9.26. The van der Waals surface area contributed by atoms with Gasteiger partial charge in [-0.1, -0.05) is 6.08 Å². The second kappa shape index (κ2) is 3.40. The molecule has 1 amide bonds. The summed E-state index contributed by atoms with van der Waals surface area (Å²) in [5.74, 6) is 0. The fraction of sp³-hybridized carbons (Fsp3) is 0.700. The van der Waals surface area contributed by atoms with Gasteiger partial charge in [-0.15, -0.1) is 6.58 Å². The predicted molar refractivity (Wildman–Crippen MR) is 49.4 cm³/mol. The van der Waals surface area contributed by atoms with Gasteiger partial charge in [0.1, 0.15) is 6.61 Å². The highest BCUT2D eigenvalue weighted by Crippen LogP contribution is 2.29. The number of carbonyl (C=O) groups is 1. The van der Waals surface area contributed by atoms with Crippen LogP contribution in [-0.2, 0) is 4.74 Å². The van der Waals surface area contributed by atoms with E-state index < -0.39 is 0 Å². The van der Waals surface area contributed by atoms with Gasteiger partial charge < -0.3 is 4.74 Å². The predicted octanol–water partition coefficient (Wildman–Crippen LogP) is 1.94. The summed E-state index contributed by atoms with van der Waals surface area (Å²) in [5.41, 5.74) is 0. The van der Waals surface area contributed by atoms with Crippen molar-refractivity contribution in [2.75, 3.05) is 6.61 Å². The lowest BCUT2D eigenvalue weighted by atomic mass is 9.95. The standard InChI is InChI=1S/C10H15NO2/c1-2-4-8-5-3-6-9-7-13-10(12)11(8)9/h2,8-9H,1,3-7H2/t8-,9+/m0/s1. The minimum atomic E-state index is -0.128. The van der Waals surface area contributed by atoms with Crippen LogP contribution in [0.5, 0.6) is 0 Å². The highest BCUT2D eigenvalue weighted by Gasteiger charge is 2.39. The van der Waals surface area contributed by atoms with Gasteiger partial charge >= 0.3 is 6.09 Å². The number of piperidine rings is 1. The maximum Gasteiger partial charge on any atom is 0.410 e. The lowest BCUT2D eigenvalue weighted by molar-refractivity contribution is 0.129. The molecule has 2 rings (SSSR count). The molecular weight excluding hydrogens is 166 g/mol. The zero-order valence-electron chi connectivity index (χ0n) is 7.74. The second-order valence-electron chi connectivity index (χ2n) is 3.75. The maximum absolute atomic E-state index is 11.4. The monoisotopic (exact) mass is 181 g/mol. The summed E-state index contributed by atoms with van der Waals surface area (Å²) in [5, 5.41) is 0. The number of ether oxygens (including phenoxy) is 1. The number of fused-ring (bicyclic) bond motifs is 1. The van der Waals surface area contributed by atoms with Crippen molar-refractivity contribution < 1.29 is 9.53 Å². The van der Waals surface area contributed by atoms with E-state index in [1.54, 1.807) is 0 Å². The fourth-order valence-corrected chi connectivity index (χ4v) is 2.29. The van der Waals surface area contributed by atoms with Gasteiger partial charge in [-0.25, -0.2) is 4.79 Å². The van der Waals surface area contributed by atoms with Gasteiger partial charge in [0.2, 0.25) is 0 Å². The van der Waals surface area contributed by atoms with Gasteiger partial charge in [-0.3, -0.25) is 4.90 Å². The summed E-state index contributed by atoms with van der Waals surface area (Å²) >= 11 is 0. The first-order valence-corrected chi connectivity index (χ1v) is 4.89. The molecule has 0 N–H and O–H groups in total. The molecule has 0 aromatic heterocycles. The summed E-state index contributed by atoms with van der Waals surface area (Å²) in [6.07, 6.45) is 6.05. The molecule has 0 aromatic rings. The molecule has 2 fully saturated rings. The minimum Gasteiger partial charge on any atom is -0.447 e. The molecule has 2 aliphatic heterocycles. The maximum atomic E-state index is 11.4. The Morgan fingerprint density at radius 1 is 1.62 bits per heavy atom. The van der Waals surface area contributed by atoms with E-state index in [4.69, 9.17) is 4.74 Å². The molecular formula is C10H15NO2. The summed E-state index contributed by atoms with van der Waals surface area (Å²) in [7, 11) is 0. The Kier molecular flexibility index (Phi) is 2.25. The summed E-state index contributed by atoms with van der Waals surface area (Å²) in [4.78, 5) is 13.3. The third-order valence-corrected chi connectivity index (χ3v) is 2.91. The lowest BCUT2D eigenvalue weighted by Gasteiger charge is -2.34. The number of amides is 1. The van der Waals surface area contributed by atoms with Crippen molar-refractivity contribution >= 4 is 6.09 Å². The van der Waals surface area contributed by atoms with Gasteiger partial charge in [-0.2, -0.15) is 0 Å². The van der Waals surface area contributed by atoms with E-state index in [0.29, 0.717) is 18.7 Å². The Morgan fingerprint density at radius 3 is 3.23 bits per heavy atom. The summed E-state index contributed by atoms with van der Waals surface area (Å²) in [6, 6.07) is 0.678. The van der Waals surface area contributed by atoms with E-state index in [1.165, 1.54) is 6.42 Å². The van der Waals surface area contributed by atoms with Crippen LogP contribution in [0.1, 0.15) is 25.7 Å². The van der Waals surface area contributed by atoms with Crippen LogP contribution in [0.3, 0.4) is 0 Å². The first-order valence-electron chi connectivity index (χ1n) is 4.89. The highest BCUT2D eigenvalue weighted by atomic mass is 16.6. The molecule has 2 aliphatic rings. The second-order valence-corrected chi connectivity index (χ2v) is 3.75. The van der Waals surface area contributed by atoms with Gasteiger partial charge in [0.15, 0.2) is 0 Å². The Morgan fingerprint density at radius 2 is 2.46 bits per heavy atom. The van der Waals surface area contributed by atoms with Crippen LogP contribution in [0, 0.1) is 0 Å². The molecule has 2 atom stereocenters. The molecule has 3 nitrogen and oxygen atoms in total. The van der Waals surface area contributed by atoms with Crippen LogP contribution in [0.15, 0.2) is 12.7 Å². The minimum absolute atomic E-state index is 0.128. The molecule has 2 saturated heterocycles. The molecule has 0 radical (unpaired) electrons. The Bertz CT molecular complexity index is 227. The normalized spacial score (nSPS) is 32.6. The topological polar surface area (TPSA) is 29.5 Å². The number of hydrogen-bond donors (Lipinski definition) is 0. The molecule has 0 aromatic carbocycles. The van der Waals surface area contributed by atoms with E-state index in [-0.39, 0.29) is 6.09 Å². The zero-order valence-corrected chi connectivity index (χ0v) is 7.74. The smallest absolute Gasteiger partial charge is 0.410 e. The number of hydrogen-bond acceptors (Lipinski definition) is 2. The van der Waals surface area contributed by atoms with Crippen LogP contribution in [0.4, 0.5) is 4.79 Å². The summed E-state index contributed by atoms with van der Waals surface area (Å²) in [6.45, 7) is 4.30. The van der Waals surface area contributed by atoms with Crippen LogP contribution in [0.25, 0.3) is 0 Å². The quantitative estimate of drug-likeness (QED) is 0.609. The van der Waals surface area contributed by atoms with Crippen molar-refractivity contribution in [2.45, 2.75) is 37.8 Å². The molecule has 0 aliphatic carbocycles. The number of nitrogens with zero attached hydrogens (tertiary/aromatic N) is 1. The van der Waals surface area contributed by atoms with Crippen LogP contribution in [0.2, 0.25) is 0 Å². The third-order valence-electron chi connectivity index (χ3n) is 2.91. The van der Waals surface area contributed by atoms with E-state index >= 15 is 0 Å². The van der Waals surface area contributed by atoms with Crippen molar-refractivity contribution in [3.05, 3.63) is 12.7 Å². The first kappa shape index (κ1) is 8.60. The van der Waals surface area contributed by atoms with E-state index in [9.17, 15) is 4.79 Å². The van der Waals surface area contributed by atoms with Crippen molar-refractivity contribution in [2.24, 2.45) is 0 Å². The van der Waals surface area contributed by atoms with E-state index in [0.717, 1.165) is 19.3 Å². The van der Waals surface area contributed by atoms with Gasteiger partial charge in [0.25, 0.3) is 0 Å². The molecule has 3 heteroatoms. The van der Waals surface area contributed by atoms with Crippen LogP contribution < -0.4 is 0 Å². The van der Waals surface area contributed by atoms with E-state index in [2.05, 4.69) is 6.58 Å². The number of carbonyl (C=O) groups excluding carboxylic acids is 1. The highest BCUT2D eigenvalue weighted by molar-refractivity contribution is 5.70. The average molecular weight is 181 g/mol. The first-order chi connectivity index (χ1) is 6.33. The molecule has 72 valence electrons. The Labute approximate surface area is 78.4 Å². The molecule has 0 saturated carbocycles. The molecule has 0 spiro atoms. The van der Waals surface area contributed by atoms with Gasteiger partial charge in [-0.05, 0) is 25.7 Å². The molecule has 2 heterocycles. The SMILES string of the molecule is C=CC[C@H]1CCC[C@@H]2COC(=O)N21. The van der Waals surface area contributed by atoms with Gasteiger partial charge in [0, 0.05) is 6.04 Å². The van der Waals surface area contributed by atoms with E-state index in [1.807, 2.05) is 11.0 Å². The number of cyclic esters (lactones) is 1. The third kappa shape index (κ3) is 1.43. The number of rotatable bonds is 2. The van der Waals surface area contributed by atoms with Crippen molar-refractivity contribution in [3.8, 4) is 0 Å². The van der Waals surface area contributed by atoms with Crippen molar-refractivity contribution in [1.29, 1.82) is 0 Å². The summed E-state index contributed by atoms with van der Waals surface area (Å²) < 4.78 is 5.03. The van der Waals surface area contributed by atoms with Crippen LogP contribution in [-0.4, -0.2) is 29.7 Å². The van der Waals surface area contributed by atoms with Gasteiger partial charge in [0.05, 0.1) is 6.04 Å². The lowest BCUT2D eigenvalue weighted by Crippen LogP contribution is -2.45. The van der Waals surface area contributed by atoms with Crippen molar-refractivity contribution in [1.82, 2.24) is 4.90 Å². The molecule has 13 heavy (non-hydrogen) atoms.